The van der Waals surface area contributed by atoms with Gasteiger partial charge in [0.25, 0.3) is 0 Å². The Morgan fingerprint density at radius 2 is 2.27 bits per heavy atom. The van der Waals surface area contributed by atoms with Crippen molar-refractivity contribution < 1.29 is 9.18 Å². The second-order valence-electron chi connectivity index (χ2n) is 3.56. The van der Waals surface area contributed by atoms with E-state index in [1.165, 1.54) is 6.07 Å². The molecule has 0 aromatic heterocycles. The molecule has 3 nitrogen and oxygen atoms in total. The van der Waals surface area contributed by atoms with E-state index in [0.717, 1.165) is 0 Å². The predicted octanol–water partition coefficient (Wildman–Crippen LogP) is 1.91. The van der Waals surface area contributed by atoms with Crippen molar-refractivity contribution in [3.63, 3.8) is 0 Å². The average Bonchev–Trinajstić information content (AvgIpc) is 2.60. The summed E-state index contributed by atoms with van der Waals surface area (Å²) < 4.78 is 13.4. The van der Waals surface area contributed by atoms with Crippen LogP contribution in [0, 0.1) is 5.82 Å². The molecule has 1 aromatic carbocycles. The van der Waals surface area contributed by atoms with Crippen molar-refractivity contribution in [1.29, 1.82) is 0 Å². The molecule has 1 heterocycles. The molecule has 0 radical (unpaired) electrons. The molecule has 1 atom stereocenters. The molecule has 4 heteroatoms. The summed E-state index contributed by atoms with van der Waals surface area (Å²) >= 11 is 0. The minimum Gasteiger partial charge on any atom is -0.329 e. The highest BCUT2D eigenvalue weighted by Crippen LogP contribution is 2.22. The van der Waals surface area contributed by atoms with Crippen LogP contribution in [0.1, 0.15) is 18.5 Å². The van der Waals surface area contributed by atoms with Crippen molar-refractivity contribution in [2.75, 3.05) is 13.1 Å². The number of nitrogens with zero attached hydrogens (tertiary/aromatic N) is 1. The van der Waals surface area contributed by atoms with Gasteiger partial charge >= 0.3 is 6.03 Å². The summed E-state index contributed by atoms with van der Waals surface area (Å²) in [6.45, 7) is 3.09. The number of urea groups is 1. The molecule has 1 fully saturated rings. The fraction of sp³-hybridized carbons (Fsp3) is 0.364. The van der Waals surface area contributed by atoms with Gasteiger partial charge in [-0.3, -0.25) is 0 Å². The molecule has 0 aliphatic carbocycles. The van der Waals surface area contributed by atoms with Crippen molar-refractivity contribution in [2.24, 2.45) is 0 Å². The maximum atomic E-state index is 13.4. The molecule has 1 aromatic rings. The molecule has 0 spiro atoms. The first-order valence-corrected chi connectivity index (χ1v) is 5.02. The molecule has 15 heavy (non-hydrogen) atoms. The van der Waals surface area contributed by atoms with Crippen LogP contribution in [-0.2, 0) is 0 Å². The topological polar surface area (TPSA) is 32.3 Å². The maximum Gasteiger partial charge on any atom is 0.318 e. The molecule has 1 aliphatic rings. The number of benzene rings is 1. The number of carbonyl (C=O) groups excluding carboxylic acids is 1. The lowest BCUT2D eigenvalue weighted by molar-refractivity contribution is 0.219. The van der Waals surface area contributed by atoms with Crippen molar-refractivity contribution in [3.05, 3.63) is 35.6 Å². The highest BCUT2D eigenvalue weighted by molar-refractivity contribution is 5.77. The van der Waals surface area contributed by atoms with Crippen LogP contribution in [-0.4, -0.2) is 24.0 Å². The van der Waals surface area contributed by atoms with Gasteiger partial charge in [0, 0.05) is 18.7 Å². The second kappa shape index (κ2) is 3.88. The smallest absolute Gasteiger partial charge is 0.318 e. The number of rotatable bonds is 2. The fourth-order valence-electron chi connectivity index (χ4n) is 1.80. The summed E-state index contributed by atoms with van der Waals surface area (Å²) in [6.07, 6.45) is 0. The van der Waals surface area contributed by atoms with Gasteiger partial charge in [-0.15, -0.1) is 0 Å². The van der Waals surface area contributed by atoms with Gasteiger partial charge in [-0.25, -0.2) is 9.18 Å². The molecule has 1 saturated heterocycles. The predicted molar refractivity (Wildman–Crippen MR) is 54.9 cm³/mol. The summed E-state index contributed by atoms with van der Waals surface area (Å²) in [5.41, 5.74) is 0.557. The number of hydrogen-bond acceptors (Lipinski definition) is 1. The zero-order valence-corrected chi connectivity index (χ0v) is 8.53. The molecule has 80 valence electrons. The van der Waals surface area contributed by atoms with Crippen LogP contribution in [0.2, 0.25) is 0 Å². The van der Waals surface area contributed by atoms with Crippen molar-refractivity contribution in [1.82, 2.24) is 10.2 Å². The second-order valence-corrected chi connectivity index (χ2v) is 3.56. The fourth-order valence-corrected chi connectivity index (χ4v) is 1.80. The number of halogens is 1. The standard InChI is InChI=1S/C11H13FN2O/c1-2-14-7-10(13-11(14)15)8-5-3-4-6-9(8)12/h3-6,10H,2,7H2,1H3,(H,13,15). The molecule has 0 bridgehead atoms. The molecule has 1 N–H and O–H groups in total. The van der Waals surface area contributed by atoms with Crippen LogP contribution in [0.3, 0.4) is 0 Å². The Labute approximate surface area is 87.9 Å². The third kappa shape index (κ3) is 1.79. The van der Waals surface area contributed by atoms with E-state index in [4.69, 9.17) is 0 Å². The Balaban J connectivity index is 2.21. The number of hydrogen-bond donors (Lipinski definition) is 1. The van der Waals surface area contributed by atoms with E-state index in [-0.39, 0.29) is 17.9 Å². The van der Waals surface area contributed by atoms with Gasteiger partial charge in [-0.1, -0.05) is 18.2 Å². The minimum absolute atomic E-state index is 0.120. The quantitative estimate of drug-likeness (QED) is 0.791. The van der Waals surface area contributed by atoms with Gasteiger partial charge in [-0.05, 0) is 13.0 Å². The summed E-state index contributed by atoms with van der Waals surface area (Å²) in [4.78, 5) is 13.1. The van der Waals surface area contributed by atoms with Crippen LogP contribution in [0.15, 0.2) is 24.3 Å². The summed E-state index contributed by atoms with van der Waals surface area (Å²) in [5, 5.41) is 2.76. The molecular formula is C11H13FN2O. The van der Waals surface area contributed by atoms with Gasteiger partial charge in [0.2, 0.25) is 0 Å². The van der Waals surface area contributed by atoms with Crippen molar-refractivity contribution >= 4 is 6.03 Å². The molecule has 2 amide bonds. The normalized spacial score (nSPS) is 20.5. The molecule has 0 saturated carbocycles. The zero-order valence-electron chi connectivity index (χ0n) is 8.53. The van der Waals surface area contributed by atoms with E-state index in [2.05, 4.69) is 5.32 Å². The highest BCUT2D eigenvalue weighted by Gasteiger charge is 2.29. The van der Waals surface area contributed by atoms with Gasteiger partial charge in [-0.2, -0.15) is 0 Å². The first-order chi connectivity index (χ1) is 7.22. The van der Waals surface area contributed by atoms with Crippen LogP contribution >= 0.6 is 0 Å². The minimum atomic E-state index is -0.263. The average molecular weight is 208 g/mol. The number of amides is 2. The zero-order chi connectivity index (χ0) is 10.8. The van der Waals surface area contributed by atoms with E-state index in [9.17, 15) is 9.18 Å². The maximum absolute atomic E-state index is 13.4. The lowest BCUT2D eigenvalue weighted by atomic mass is 10.1. The summed E-state index contributed by atoms with van der Waals surface area (Å²) in [7, 11) is 0. The van der Waals surface area contributed by atoms with Crippen LogP contribution < -0.4 is 5.32 Å². The number of likely N-dealkylation sites (N-methyl/N-ethyl adjacent to an activating group) is 1. The number of nitrogens with one attached hydrogen (secondary N) is 1. The molecular weight excluding hydrogens is 195 g/mol. The molecule has 1 aliphatic heterocycles. The van der Waals surface area contributed by atoms with E-state index in [0.29, 0.717) is 18.7 Å². The first kappa shape index (κ1) is 9.96. The van der Waals surface area contributed by atoms with E-state index < -0.39 is 0 Å². The van der Waals surface area contributed by atoms with Gasteiger partial charge in [0.05, 0.1) is 6.04 Å². The Morgan fingerprint density at radius 3 is 2.87 bits per heavy atom. The lowest BCUT2D eigenvalue weighted by Gasteiger charge is -2.11. The Bertz CT molecular complexity index is 381. The molecule has 2 rings (SSSR count). The highest BCUT2D eigenvalue weighted by atomic mass is 19.1. The first-order valence-electron chi connectivity index (χ1n) is 5.02. The summed E-state index contributed by atoms with van der Waals surface area (Å²) in [6, 6.07) is 6.20. The van der Waals surface area contributed by atoms with Gasteiger partial charge < -0.3 is 10.2 Å². The van der Waals surface area contributed by atoms with Crippen molar-refractivity contribution in [3.8, 4) is 0 Å². The van der Waals surface area contributed by atoms with Crippen LogP contribution in [0.5, 0.6) is 0 Å². The van der Waals surface area contributed by atoms with Gasteiger partial charge in [0.1, 0.15) is 5.82 Å². The van der Waals surface area contributed by atoms with E-state index in [1.54, 1.807) is 23.1 Å². The SMILES string of the molecule is CCN1CC(c2ccccc2F)NC1=O. The van der Waals surface area contributed by atoms with E-state index >= 15 is 0 Å². The Morgan fingerprint density at radius 1 is 1.53 bits per heavy atom. The van der Waals surface area contributed by atoms with E-state index in [1.807, 2.05) is 6.92 Å². The van der Waals surface area contributed by atoms with Crippen LogP contribution in [0.4, 0.5) is 9.18 Å². The summed E-state index contributed by atoms with van der Waals surface area (Å²) in [5.74, 6) is -0.263. The Hall–Kier alpha value is -1.58. The monoisotopic (exact) mass is 208 g/mol. The lowest BCUT2D eigenvalue weighted by Crippen LogP contribution is -2.27. The largest absolute Gasteiger partial charge is 0.329 e. The van der Waals surface area contributed by atoms with Gasteiger partial charge in [0.15, 0.2) is 0 Å². The van der Waals surface area contributed by atoms with Crippen LogP contribution in [0.25, 0.3) is 0 Å². The Kier molecular flexibility index (Phi) is 2.58. The molecule has 1 unspecified atom stereocenters. The van der Waals surface area contributed by atoms with Crippen molar-refractivity contribution in [2.45, 2.75) is 13.0 Å². The third-order valence-corrected chi connectivity index (χ3v) is 2.65. The third-order valence-electron chi connectivity index (χ3n) is 2.65. The number of carbonyl (C=O) groups is 1.